The summed E-state index contributed by atoms with van der Waals surface area (Å²) in [6, 6.07) is 15.4. The average molecular weight is 483 g/mol. The molecule has 2 heterocycles. The molecule has 0 radical (unpaired) electrons. The van der Waals surface area contributed by atoms with Crippen LogP contribution in [0.3, 0.4) is 0 Å². The van der Waals surface area contributed by atoms with Crippen LogP contribution >= 0.6 is 0 Å². The number of alkyl halides is 3. The molecule has 9 heteroatoms. The minimum Gasteiger partial charge on any atom is -0.388 e. The maximum atomic E-state index is 12.7. The Hall–Kier alpha value is -4.14. The zero-order valence-corrected chi connectivity index (χ0v) is 19.4. The molecule has 6 nitrogen and oxygen atoms in total. The molecule has 0 aliphatic rings. The number of rotatable bonds is 5. The van der Waals surface area contributed by atoms with Crippen molar-refractivity contribution in [3.05, 3.63) is 101 Å². The molecule has 0 saturated heterocycles. The van der Waals surface area contributed by atoms with Crippen molar-refractivity contribution in [1.29, 1.82) is 0 Å². The third-order valence-electron chi connectivity index (χ3n) is 5.40. The number of nitrogens with zero attached hydrogens (tertiary/aromatic N) is 2. The van der Waals surface area contributed by atoms with Crippen LogP contribution in [0.4, 0.5) is 18.9 Å². The summed E-state index contributed by atoms with van der Waals surface area (Å²) in [6.07, 6.45) is -0.311. The van der Waals surface area contributed by atoms with Crippen molar-refractivity contribution < 1.29 is 22.8 Å². The molecule has 182 valence electrons. The smallest absolute Gasteiger partial charge is 0.388 e. The maximum Gasteiger partial charge on any atom is 0.416 e. The van der Waals surface area contributed by atoms with Crippen LogP contribution in [0.15, 0.2) is 73.1 Å². The predicted octanol–water partition coefficient (Wildman–Crippen LogP) is 5.69. The van der Waals surface area contributed by atoms with Gasteiger partial charge in [-0.15, -0.1) is 0 Å². The van der Waals surface area contributed by atoms with Crippen molar-refractivity contribution in [3.8, 4) is 0 Å². The molecule has 0 aliphatic heterocycles. The van der Waals surface area contributed by atoms with E-state index in [0.717, 1.165) is 40.9 Å². The summed E-state index contributed by atoms with van der Waals surface area (Å²) in [5, 5.41) is 5.79. The number of aryl methyl sites for hydroxylation is 1. The fourth-order valence-electron chi connectivity index (χ4n) is 3.42. The zero-order chi connectivity index (χ0) is 25.6. The van der Waals surface area contributed by atoms with Gasteiger partial charge in [0.2, 0.25) is 0 Å². The van der Waals surface area contributed by atoms with E-state index in [9.17, 15) is 22.8 Å². The minimum absolute atomic E-state index is 0.0161. The lowest BCUT2D eigenvalue weighted by molar-refractivity contribution is -0.137. The van der Waals surface area contributed by atoms with E-state index >= 15 is 0 Å². The van der Waals surface area contributed by atoms with Crippen LogP contribution in [-0.4, -0.2) is 28.6 Å². The van der Waals surface area contributed by atoms with Gasteiger partial charge in [0.05, 0.1) is 17.8 Å². The van der Waals surface area contributed by atoms with E-state index in [1.165, 1.54) is 12.1 Å². The summed E-state index contributed by atoms with van der Waals surface area (Å²) in [5.74, 6) is -0.541. The molecular weight excluding hydrogens is 457 g/mol. The fraction of sp³-hybridized carbons (Fsp3) is 0.192. The maximum absolute atomic E-state index is 12.7. The Morgan fingerprint density at radius 2 is 1.86 bits per heavy atom. The molecular formula is C26H25F3N4O2. The Morgan fingerprint density at radius 1 is 1.09 bits per heavy atom. The highest BCUT2D eigenvalue weighted by atomic mass is 19.4. The van der Waals surface area contributed by atoms with Crippen LogP contribution in [0.25, 0.3) is 5.65 Å². The van der Waals surface area contributed by atoms with Crippen LogP contribution < -0.4 is 10.6 Å². The van der Waals surface area contributed by atoms with E-state index in [1.807, 2.05) is 49.5 Å². The molecule has 1 atom stereocenters. The largest absolute Gasteiger partial charge is 0.416 e. The molecule has 0 bridgehead atoms. The topological polar surface area (TPSA) is 75.5 Å². The molecule has 0 saturated carbocycles. The minimum atomic E-state index is -4.47. The van der Waals surface area contributed by atoms with Gasteiger partial charge >= 0.3 is 6.18 Å². The third-order valence-corrected chi connectivity index (χ3v) is 5.40. The molecule has 1 unspecified atom stereocenters. The number of pyridine rings is 1. The Bertz CT molecular complexity index is 1330. The number of aromatic nitrogens is 2. The van der Waals surface area contributed by atoms with Gasteiger partial charge in [0, 0.05) is 24.5 Å². The number of nitrogens with one attached hydrogen (secondary N) is 2. The number of carbonyl (C=O) groups excluding carboxylic acids is 2. The van der Waals surface area contributed by atoms with Gasteiger partial charge in [-0.2, -0.15) is 13.2 Å². The molecule has 0 aliphatic carbocycles. The summed E-state index contributed by atoms with van der Waals surface area (Å²) < 4.78 is 40.0. The summed E-state index contributed by atoms with van der Waals surface area (Å²) in [7, 11) is 1.80. The van der Waals surface area contributed by atoms with Crippen LogP contribution in [-0.2, 0) is 6.18 Å². The summed E-state index contributed by atoms with van der Waals surface area (Å²) >= 11 is 0. The normalized spacial score (nSPS) is 11.8. The van der Waals surface area contributed by atoms with Crippen molar-refractivity contribution >= 4 is 23.5 Å². The third kappa shape index (κ3) is 6.26. The molecule has 2 aromatic heterocycles. The van der Waals surface area contributed by atoms with E-state index in [-0.39, 0.29) is 11.6 Å². The van der Waals surface area contributed by atoms with Gasteiger partial charge < -0.3 is 10.6 Å². The van der Waals surface area contributed by atoms with E-state index in [4.69, 9.17) is 0 Å². The lowest BCUT2D eigenvalue weighted by Gasteiger charge is -2.17. The number of halogens is 3. The number of carbonyl (C=O) groups is 2. The Kier molecular flexibility index (Phi) is 7.91. The fourth-order valence-corrected chi connectivity index (χ4v) is 3.42. The molecule has 0 spiro atoms. The van der Waals surface area contributed by atoms with Gasteiger partial charge in [0.1, 0.15) is 11.3 Å². The van der Waals surface area contributed by atoms with Gasteiger partial charge in [-0.25, -0.2) is 4.98 Å². The first-order valence-electron chi connectivity index (χ1n) is 10.8. The van der Waals surface area contributed by atoms with E-state index in [0.29, 0.717) is 5.69 Å². The van der Waals surface area contributed by atoms with Crippen LogP contribution in [0, 0.1) is 6.92 Å². The summed E-state index contributed by atoms with van der Waals surface area (Å²) in [6.45, 7) is 3.75. The highest BCUT2D eigenvalue weighted by molar-refractivity contribution is 5.94. The van der Waals surface area contributed by atoms with Gasteiger partial charge in [-0.1, -0.05) is 24.3 Å². The number of aldehydes is 1. The monoisotopic (exact) mass is 482 g/mol. The molecule has 0 fully saturated rings. The van der Waals surface area contributed by atoms with Crippen LogP contribution in [0.5, 0.6) is 0 Å². The second kappa shape index (κ2) is 10.9. The second-order valence-corrected chi connectivity index (χ2v) is 7.83. The highest BCUT2D eigenvalue weighted by Crippen LogP contribution is 2.29. The SMILES string of the molecule is CNc1cc(C(C)NC(=O)c2cccc(C(F)(F)F)c2)ccc1C.O=Cc1cnc2ccccn12. The molecule has 35 heavy (non-hydrogen) atoms. The number of anilines is 1. The Balaban J connectivity index is 0.000000256. The standard InChI is InChI=1S/C18H19F3N2O.C8H6N2O/c1-11-7-8-13(10-16(11)22-3)12(2)23-17(24)14-5-4-6-15(9-14)18(19,20)21;11-6-7-5-9-8-3-1-2-4-10(7)8/h4-10,12,22H,1-3H3,(H,23,24);1-6H. The van der Waals surface area contributed by atoms with Crippen LogP contribution in [0.2, 0.25) is 0 Å². The van der Waals surface area contributed by atoms with Gasteiger partial charge in [0.25, 0.3) is 5.91 Å². The van der Waals surface area contributed by atoms with Gasteiger partial charge in [-0.05, 0) is 61.4 Å². The summed E-state index contributed by atoms with van der Waals surface area (Å²) in [5.41, 5.74) is 3.40. The first-order chi connectivity index (χ1) is 16.6. The van der Waals surface area contributed by atoms with Gasteiger partial charge in [-0.3, -0.25) is 14.0 Å². The lowest BCUT2D eigenvalue weighted by atomic mass is 10.0. The molecule has 4 aromatic rings. The number of hydrogen-bond acceptors (Lipinski definition) is 4. The molecule has 2 N–H and O–H groups in total. The Labute approximate surface area is 200 Å². The molecule has 1 amide bonds. The number of benzene rings is 2. The Morgan fingerprint density at radius 3 is 2.54 bits per heavy atom. The van der Waals surface area contributed by atoms with Crippen molar-refractivity contribution in [2.75, 3.05) is 12.4 Å². The summed E-state index contributed by atoms with van der Waals surface area (Å²) in [4.78, 5) is 26.7. The van der Waals surface area contributed by atoms with Crippen LogP contribution in [0.1, 0.15) is 50.5 Å². The number of amides is 1. The number of imidazole rings is 1. The van der Waals surface area contributed by atoms with E-state index < -0.39 is 17.6 Å². The first-order valence-corrected chi connectivity index (χ1v) is 10.8. The average Bonchev–Trinajstić information content (AvgIpc) is 3.27. The van der Waals surface area contributed by atoms with Crippen molar-refractivity contribution in [1.82, 2.24) is 14.7 Å². The van der Waals surface area contributed by atoms with Crippen molar-refractivity contribution in [2.45, 2.75) is 26.1 Å². The lowest BCUT2D eigenvalue weighted by Crippen LogP contribution is -2.27. The first kappa shape index (κ1) is 25.5. The second-order valence-electron chi connectivity index (χ2n) is 7.83. The number of fused-ring (bicyclic) bond motifs is 1. The number of hydrogen-bond donors (Lipinski definition) is 2. The van der Waals surface area contributed by atoms with Crippen molar-refractivity contribution in [3.63, 3.8) is 0 Å². The van der Waals surface area contributed by atoms with Gasteiger partial charge in [0.15, 0.2) is 6.29 Å². The van der Waals surface area contributed by atoms with E-state index in [2.05, 4.69) is 15.6 Å². The highest BCUT2D eigenvalue weighted by Gasteiger charge is 2.31. The van der Waals surface area contributed by atoms with E-state index in [1.54, 1.807) is 24.6 Å². The zero-order valence-electron chi connectivity index (χ0n) is 19.4. The van der Waals surface area contributed by atoms with Crippen molar-refractivity contribution in [2.24, 2.45) is 0 Å². The molecule has 4 rings (SSSR count). The quantitative estimate of drug-likeness (QED) is 0.358. The molecule has 2 aromatic carbocycles. The predicted molar refractivity (Wildman–Crippen MR) is 129 cm³/mol.